The Morgan fingerprint density at radius 2 is 1.79 bits per heavy atom. The van der Waals surface area contributed by atoms with Crippen LogP contribution < -0.4 is 0 Å². The number of hydrogen-bond acceptors (Lipinski definition) is 1. The molecule has 0 amide bonds. The molecule has 1 aliphatic heterocycles. The molecule has 1 nitrogen and oxygen atoms in total. The number of allylic oxidation sites excluding steroid dienone is 2. The quantitative estimate of drug-likeness (QED) is 0.198. The minimum atomic E-state index is 0.712. The van der Waals surface area contributed by atoms with Crippen LogP contribution in [-0.4, -0.2) is 11.0 Å². The summed E-state index contributed by atoms with van der Waals surface area (Å²) in [4.78, 5) is 0. The second-order valence-corrected chi connectivity index (χ2v) is 8.84. The molecule has 0 saturated carbocycles. The SMILES string of the molecule is C1=CCOC=C1.Cc1cc2c3c(ccc2c2ccccc12)CC(C)CC3CI. The molecule has 0 radical (unpaired) electrons. The second kappa shape index (κ2) is 8.69. The highest BCUT2D eigenvalue weighted by Gasteiger charge is 2.26. The fraction of sp³-hybridized carbons (Fsp3) is 0.308. The lowest BCUT2D eigenvalue weighted by Crippen LogP contribution is -2.18. The highest BCUT2D eigenvalue weighted by Crippen LogP contribution is 2.42. The van der Waals surface area contributed by atoms with Crippen molar-refractivity contribution in [1.82, 2.24) is 0 Å². The summed E-state index contributed by atoms with van der Waals surface area (Å²) >= 11 is 2.57. The van der Waals surface area contributed by atoms with Crippen molar-refractivity contribution in [3.8, 4) is 0 Å². The van der Waals surface area contributed by atoms with Crippen molar-refractivity contribution >= 4 is 44.1 Å². The van der Waals surface area contributed by atoms with E-state index in [1.807, 2.05) is 18.2 Å². The van der Waals surface area contributed by atoms with Crippen LogP contribution in [0, 0.1) is 12.8 Å². The molecule has 0 fully saturated rings. The Labute approximate surface area is 181 Å². The van der Waals surface area contributed by atoms with Crippen molar-refractivity contribution in [3.05, 3.63) is 83.6 Å². The number of benzene rings is 3. The highest BCUT2D eigenvalue weighted by atomic mass is 127. The molecule has 0 N–H and O–H groups in total. The molecule has 2 heteroatoms. The van der Waals surface area contributed by atoms with E-state index in [9.17, 15) is 0 Å². The molecule has 1 heterocycles. The van der Waals surface area contributed by atoms with Gasteiger partial charge in [-0.25, -0.2) is 0 Å². The van der Waals surface area contributed by atoms with Crippen LogP contribution in [0.5, 0.6) is 0 Å². The summed E-state index contributed by atoms with van der Waals surface area (Å²) < 4.78 is 6.02. The third kappa shape index (κ3) is 3.84. The van der Waals surface area contributed by atoms with Crippen LogP contribution in [0.1, 0.15) is 36.0 Å². The van der Waals surface area contributed by atoms with E-state index in [0.717, 1.165) is 12.5 Å². The normalized spacial score (nSPS) is 20.4. The Kier molecular flexibility index (Phi) is 6.05. The largest absolute Gasteiger partial charge is 0.497 e. The molecule has 144 valence electrons. The number of ether oxygens (including phenoxy) is 1. The summed E-state index contributed by atoms with van der Waals surface area (Å²) in [7, 11) is 0. The molecule has 1 aliphatic carbocycles. The van der Waals surface area contributed by atoms with E-state index in [1.165, 1.54) is 44.4 Å². The van der Waals surface area contributed by atoms with Gasteiger partial charge in [-0.05, 0) is 82.0 Å². The van der Waals surface area contributed by atoms with Crippen LogP contribution in [0.25, 0.3) is 21.5 Å². The van der Waals surface area contributed by atoms with E-state index in [-0.39, 0.29) is 0 Å². The molecule has 0 aromatic heterocycles. The van der Waals surface area contributed by atoms with Gasteiger partial charge in [0.1, 0.15) is 6.61 Å². The minimum absolute atomic E-state index is 0.712. The van der Waals surface area contributed by atoms with Crippen LogP contribution in [0.3, 0.4) is 0 Å². The summed E-state index contributed by atoms with van der Waals surface area (Å²) in [6.07, 6.45) is 10.0. The topological polar surface area (TPSA) is 9.23 Å². The van der Waals surface area contributed by atoms with E-state index in [0.29, 0.717) is 5.92 Å². The fourth-order valence-corrected chi connectivity index (χ4v) is 5.44. The Morgan fingerprint density at radius 1 is 1.00 bits per heavy atom. The van der Waals surface area contributed by atoms with E-state index < -0.39 is 0 Å². The van der Waals surface area contributed by atoms with Gasteiger partial charge in [0.2, 0.25) is 0 Å². The van der Waals surface area contributed by atoms with Crippen molar-refractivity contribution < 1.29 is 4.74 Å². The maximum Gasteiger partial charge on any atom is 0.106 e. The number of alkyl halides is 1. The lowest BCUT2D eigenvalue weighted by molar-refractivity contribution is 0.286. The maximum atomic E-state index is 4.80. The Balaban J connectivity index is 0.000000275. The first-order valence-corrected chi connectivity index (χ1v) is 11.6. The Morgan fingerprint density at radius 3 is 2.43 bits per heavy atom. The van der Waals surface area contributed by atoms with Crippen molar-refractivity contribution in [2.75, 3.05) is 11.0 Å². The molecule has 2 aliphatic rings. The van der Waals surface area contributed by atoms with Crippen molar-refractivity contribution in [3.63, 3.8) is 0 Å². The molecule has 2 unspecified atom stereocenters. The van der Waals surface area contributed by atoms with Gasteiger partial charge in [0, 0.05) is 4.43 Å². The Hall–Kier alpha value is -1.81. The zero-order valence-electron chi connectivity index (χ0n) is 16.6. The maximum absolute atomic E-state index is 4.80. The fourth-order valence-electron chi connectivity index (χ4n) is 4.64. The highest BCUT2D eigenvalue weighted by molar-refractivity contribution is 14.1. The monoisotopic (exact) mass is 482 g/mol. The van der Waals surface area contributed by atoms with Gasteiger partial charge in [0.25, 0.3) is 0 Å². The van der Waals surface area contributed by atoms with Crippen LogP contribution in [0.15, 0.2) is 67.0 Å². The van der Waals surface area contributed by atoms with Gasteiger partial charge in [-0.2, -0.15) is 0 Å². The summed E-state index contributed by atoms with van der Waals surface area (Å²) in [6.45, 7) is 5.39. The molecule has 0 spiro atoms. The molecule has 0 bridgehead atoms. The second-order valence-electron chi connectivity index (χ2n) is 7.96. The van der Waals surface area contributed by atoms with E-state index in [1.54, 1.807) is 17.4 Å². The lowest BCUT2D eigenvalue weighted by Gasteiger charge is -2.30. The summed E-state index contributed by atoms with van der Waals surface area (Å²) in [5, 5.41) is 5.74. The molecule has 28 heavy (non-hydrogen) atoms. The third-order valence-corrected chi connectivity index (χ3v) is 6.91. The first kappa shape index (κ1) is 19.5. The van der Waals surface area contributed by atoms with Crippen LogP contribution in [0.2, 0.25) is 0 Å². The molecule has 0 saturated heterocycles. The van der Waals surface area contributed by atoms with Crippen LogP contribution >= 0.6 is 22.6 Å². The third-order valence-electron chi connectivity index (χ3n) is 5.84. The summed E-state index contributed by atoms with van der Waals surface area (Å²) in [6, 6.07) is 16.0. The number of aryl methyl sites for hydroxylation is 1. The van der Waals surface area contributed by atoms with E-state index in [4.69, 9.17) is 4.74 Å². The van der Waals surface area contributed by atoms with Crippen LogP contribution in [-0.2, 0) is 11.2 Å². The van der Waals surface area contributed by atoms with Gasteiger partial charge in [-0.15, -0.1) is 0 Å². The van der Waals surface area contributed by atoms with Crippen molar-refractivity contribution in [1.29, 1.82) is 0 Å². The smallest absolute Gasteiger partial charge is 0.106 e. The number of rotatable bonds is 1. The van der Waals surface area contributed by atoms with E-state index >= 15 is 0 Å². The van der Waals surface area contributed by atoms with Gasteiger partial charge in [0.05, 0.1) is 6.26 Å². The molecular weight excluding hydrogens is 455 g/mol. The minimum Gasteiger partial charge on any atom is -0.497 e. The molecule has 2 atom stereocenters. The van der Waals surface area contributed by atoms with Gasteiger partial charge < -0.3 is 4.74 Å². The summed E-state index contributed by atoms with van der Waals surface area (Å²) in [5.41, 5.74) is 4.63. The predicted octanol–water partition coefficient (Wildman–Crippen LogP) is 7.49. The summed E-state index contributed by atoms with van der Waals surface area (Å²) in [5.74, 6) is 1.52. The zero-order chi connectivity index (χ0) is 19.5. The molecule has 5 rings (SSSR count). The van der Waals surface area contributed by atoms with Gasteiger partial charge in [-0.3, -0.25) is 0 Å². The van der Waals surface area contributed by atoms with Crippen molar-refractivity contribution in [2.45, 2.75) is 32.6 Å². The predicted molar refractivity (Wildman–Crippen MR) is 130 cm³/mol. The first-order valence-electron chi connectivity index (χ1n) is 10.1. The van der Waals surface area contributed by atoms with Gasteiger partial charge in [-0.1, -0.05) is 78.1 Å². The van der Waals surface area contributed by atoms with Gasteiger partial charge >= 0.3 is 0 Å². The zero-order valence-corrected chi connectivity index (χ0v) is 18.8. The lowest BCUT2D eigenvalue weighted by atomic mass is 9.76. The van der Waals surface area contributed by atoms with Crippen LogP contribution in [0.4, 0.5) is 0 Å². The number of hydrogen-bond donors (Lipinski definition) is 0. The average Bonchev–Trinajstić information content (AvgIpc) is 2.74. The molecule has 3 aromatic rings. The van der Waals surface area contributed by atoms with E-state index in [2.05, 4.69) is 78.9 Å². The Bertz CT molecular complexity index is 1040. The van der Waals surface area contributed by atoms with Gasteiger partial charge in [0.15, 0.2) is 0 Å². The standard InChI is InChI=1S/C21H21I.C5H6O/c1-13-9-15-7-8-19-18-6-4-3-5-17(18)14(2)11-20(19)21(15)16(10-13)12-22;1-2-4-6-5-3-1/h3-8,11,13,16H,9-10,12H2,1-2H3;1-4H,5H2. The first-order chi connectivity index (χ1) is 13.7. The number of halogens is 1. The molecule has 3 aromatic carbocycles. The van der Waals surface area contributed by atoms with Crippen molar-refractivity contribution in [2.24, 2.45) is 5.92 Å². The molecular formula is C26H27IO. The average molecular weight is 482 g/mol. The number of fused-ring (bicyclic) bond motifs is 5.